The SMILES string of the molecule is CCC(C)S(=O)(=O)N[C@@H](C)[C@H](Oc1ccc2c(cnn2-c2ccc(F)cc2)c1)c1ccccc1.CCCC(C)S(=O)(=O)N[C@@H](C)[C@H](Oc1ccc2c(cnn2-c2ccc(F)cc2)c1)c1ccccc1. The summed E-state index contributed by atoms with van der Waals surface area (Å²) in [6.07, 6.45) is 4.27. The summed E-state index contributed by atoms with van der Waals surface area (Å²) < 4.78 is 99.5. The Morgan fingerprint density at radius 2 is 0.928 bits per heavy atom. The van der Waals surface area contributed by atoms with Crippen molar-refractivity contribution in [1.29, 1.82) is 0 Å². The summed E-state index contributed by atoms with van der Waals surface area (Å²) in [6, 6.07) is 41.6. The highest BCUT2D eigenvalue weighted by atomic mass is 32.2. The van der Waals surface area contributed by atoms with Crippen molar-refractivity contribution in [1.82, 2.24) is 29.0 Å². The first-order valence-corrected chi connectivity index (χ1v) is 26.1. The Balaban J connectivity index is 0.000000204. The lowest BCUT2D eigenvalue weighted by atomic mass is 10.0. The van der Waals surface area contributed by atoms with Crippen LogP contribution < -0.4 is 18.9 Å². The molecule has 0 amide bonds. The van der Waals surface area contributed by atoms with E-state index >= 15 is 0 Å². The lowest BCUT2D eigenvalue weighted by Crippen LogP contribution is -2.43. The van der Waals surface area contributed by atoms with Crippen LogP contribution in [0.1, 0.15) is 84.1 Å². The number of rotatable bonds is 19. The Kier molecular flexibility index (Phi) is 16.3. The molecule has 69 heavy (non-hydrogen) atoms. The van der Waals surface area contributed by atoms with Crippen molar-refractivity contribution < 1.29 is 35.1 Å². The van der Waals surface area contributed by atoms with Gasteiger partial charge in [-0.2, -0.15) is 10.2 Å². The molecule has 0 aliphatic rings. The number of nitrogens with one attached hydrogen (secondary N) is 2. The first kappa shape index (κ1) is 50.4. The van der Waals surface area contributed by atoms with Crippen LogP contribution in [0.4, 0.5) is 8.78 Å². The molecule has 0 spiro atoms. The Morgan fingerprint density at radius 1 is 0.536 bits per heavy atom. The molecule has 0 aliphatic heterocycles. The van der Waals surface area contributed by atoms with Crippen molar-refractivity contribution in [3.63, 3.8) is 0 Å². The Bertz CT molecular complexity index is 3160. The van der Waals surface area contributed by atoms with Crippen LogP contribution in [-0.2, 0) is 20.0 Å². The van der Waals surface area contributed by atoms with E-state index in [0.29, 0.717) is 24.3 Å². The van der Waals surface area contributed by atoms with Crippen LogP contribution in [-0.4, -0.2) is 59.0 Å². The van der Waals surface area contributed by atoms with Gasteiger partial charge in [-0.25, -0.2) is 44.4 Å². The molecule has 8 aromatic rings. The minimum atomic E-state index is -3.50. The second kappa shape index (κ2) is 22.3. The number of nitrogens with zero attached hydrogens (tertiary/aromatic N) is 4. The van der Waals surface area contributed by atoms with Crippen molar-refractivity contribution >= 4 is 41.9 Å². The third-order valence-corrected chi connectivity index (χ3v) is 16.0. The summed E-state index contributed by atoms with van der Waals surface area (Å²) in [6.45, 7) is 10.9. The van der Waals surface area contributed by atoms with Crippen LogP contribution >= 0.6 is 0 Å². The highest BCUT2D eigenvalue weighted by Crippen LogP contribution is 2.32. The number of fused-ring (bicyclic) bond motifs is 2. The quantitative estimate of drug-likeness (QED) is 0.0814. The molecule has 8 rings (SSSR count). The van der Waals surface area contributed by atoms with Gasteiger partial charge in [0, 0.05) is 10.8 Å². The van der Waals surface area contributed by atoms with E-state index in [1.54, 1.807) is 59.9 Å². The lowest BCUT2D eigenvalue weighted by Gasteiger charge is -2.27. The second-order valence-corrected chi connectivity index (χ2v) is 21.4. The molecule has 0 saturated carbocycles. The number of sulfonamides is 2. The maximum atomic E-state index is 13.3. The van der Waals surface area contributed by atoms with Gasteiger partial charge in [-0.05, 0) is 137 Å². The van der Waals surface area contributed by atoms with Gasteiger partial charge in [0.25, 0.3) is 0 Å². The number of ether oxygens (including phenoxy) is 2. The van der Waals surface area contributed by atoms with E-state index in [9.17, 15) is 25.6 Å². The van der Waals surface area contributed by atoms with Gasteiger partial charge in [0.15, 0.2) is 0 Å². The molecule has 2 heterocycles. The standard InChI is InChI=1S/C27H30FN3O3S.C26H28FN3O3S/c1-4-8-19(2)35(32,33)30-20(3)27(21-9-6-5-7-10-21)34-25-15-16-26-22(17-25)18-29-31(26)24-13-11-23(28)12-14-24;1-4-18(2)34(31,32)29-19(3)26(20-8-6-5-7-9-20)33-24-14-15-25-21(16-24)17-28-30(25)23-12-10-22(27)11-13-23/h5-7,9-20,27,30H,4,8H2,1-3H3;5-19,26,29H,4H2,1-3H3/t19?,20-,27-;18?,19-,26-/m00/s1. The van der Waals surface area contributed by atoms with Crippen LogP contribution in [0.25, 0.3) is 33.2 Å². The van der Waals surface area contributed by atoms with E-state index in [1.807, 2.05) is 125 Å². The predicted octanol–water partition coefficient (Wildman–Crippen LogP) is 11.2. The first-order chi connectivity index (χ1) is 33.1. The zero-order chi connectivity index (χ0) is 49.3. The van der Waals surface area contributed by atoms with Crippen molar-refractivity contribution in [2.24, 2.45) is 0 Å². The van der Waals surface area contributed by atoms with Crippen LogP contribution in [0, 0.1) is 11.6 Å². The molecular formula is C53H58F2N6O6S2. The van der Waals surface area contributed by atoms with Crippen molar-refractivity contribution in [3.05, 3.63) is 181 Å². The van der Waals surface area contributed by atoms with Gasteiger partial charge < -0.3 is 9.47 Å². The topological polar surface area (TPSA) is 146 Å². The second-order valence-electron chi connectivity index (χ2n) is 17.1. The summed E-state index contributed by atoms with van der Waals surface area (Å²) in [5, 5.41) is 9.59. The van der Waals surface area contributed by atoms with Gasteiger partial charge in [-0.3, -0.25) is 0 Å². The Hall–Kier alpha value is -6.46. The summed E-state index contributed by atoms with van der Waals surface area (Å²) in [4.78, 5) is 0. The molecular weight excluding hydrogens is 919 g/mol. The van der Waals surface area contributed by atoms with Gasteiger partial charge in [-0.15, -0.1) is 0 Å². The van der Waals surface area contributed by atoms with E-state index in [-0.39, 0.29) is 11.6 Å². The van der Waals surface area contributed by atoms with Crippen LogP contribution in [0.3, 0.4) is 0 Å². The summed E-state index contributed by atoms with van der Waals surface area (Å²) in [7, 11) is -6.99. The highest BCUT2D eigenvalue weighted by molar-refractivity contribution is 7.90. The van der Waals surface area contributed by atoms with E-state index in [1.165, 1.54) is 24.3 Å². The maximum absolute atomic E-state index is 13.3. The Morgan fingerprint density at radius 3 is 1.30 bits per heavy atom. The Labute approximate surface area is 403 Å². The lowest BCUT2D eigenvalue weighted by molar-refractivity contribution is 0.173. The number of benzene rings is 6. The zero-order valence-electron chi connectivity index (χ0n) is 39.4. The molecule has 0 aliphatic carbocycles. The van der Waals surface area contributed by atoms with Crippen LogP contribution in [0.15, 0.2) is 158 Å². The molecule has 12 nitrogen and oxygen atoms in total. The number of hydrogen-bond donors (Lipinski definition) is 2. The van der Waals surface area contributed by atoms with E-state index < -0.39 is 54.8 Å². The molecule has 0 bridgehead atoms. The fourth-order valence-electron chi connectivity index (χ4n) is 7.90. The molecule has 2 unspecified atom stereocenters. The average molecular weight is 977 g/mol. The van der Waals surface area contributed by atoms with Crippen molar-refractivity contribution in [2.45, 2.75) is 95.6 Å². The normalized spacial score (nSPS) is 14.6. The summed E-state index contributed by atoms with van der Waals surface area (Å²) >= 11 is 0. The largest absolute Gasteiger partial charge is 0.484 e. The van der Waals surface area contributed by atoms with Crippen LogP contribution in [0.2, 0.25) is 0 Å². The molecule has 2 aromatic heterocycles. The number of aromatic nitrogens is 4. The van der Waals surface area contributed by atoms with E-state index in [4.69, 9.17) is 9.47 Å². The molecule has 0 radical (unpaired) electrons. The van der Waals surface area contributed by atoms with Gasteiger partial charge in [-0.1, -0.05) is 80.9 Å². The molecule has 0 saturated heterocycles. The maximum Gasteiger partial charge on any atom is 0.214 e. The minimum Gasteiger partial charge on any atom is -0.484 e. The fraction of sp³-hybridized carbons (Fsp3) is 0.283. The van der Waals surface area contributed by atoms with Crippen molar-refractivity contribution in [2.75, 3.05) is 0 Å². The molecule has 2 N–H and O–H groups in total. The van der Waals surface area contributed by atoms with Crippen LogP contribution in [0.5, 0.6) is 11.5 Å². The van der Waals surface area contributed by atoms with Crippen molar-refractivity contribution in [3.8, 4) is 22.9 Å². The summed E-state index contributed by atoms with van der Waals surface area (Å²) in [5.74, 6) is 0.579. The molecule has 362 valence electrons. The van der Waals surface area contributed by atoms with E-state index in [2.05, 4.69) is 19.6 Å². The fourth-order valence-corrected chi connectivity index (χ4v) is 10.6. The zero-order valence-corrected chi connectivity index (χ0v) is 41.0. The molecule has 6 atom stereocenters. The monoisotopic (exact) mass is 976 g/mol. The van der Waals surface area contributed by atoms with Gasteiger partial charge in [0.05, 0.1) is 57.4 Å². The summed E-state index contributed by atoms with van der Waals surface area (Å²) in [5.41, 5.74) is 4.93. The average Bonchev–Trinajstić information content (AvgIpc) is 3.97. The van der Waals surface area contributed by atoms with Gasteiger partial charge in [0.1, 0.15) is 35.3 Å². The third kappa shape index (κ3) is 12.4. The smallest absolute Gasteiger partial charge is 0.214 e. The van der Waals surface area contributed by atoms with Gasteiger partial charge in [0.2, 0.25) is 20.0 Å². The first-order valence-electron chi connectivity index (χ1n) is 23.0. The highest BCUT2D eigenvalue weighted by Gasteiger charge is 2.30. The minimum absolute atomic E-state index is 0.304. The number of hydrogen-bond acceptors (Lipinski definition) is 8. The van der Waals surface area contributed by atoms with Gasteiger partial charge >= 0.3 is 0 Å². The predicted molar refractivity (Wildman–Crippen MR) is 269 cm³/mol. The number of halogens is 2. The van der Waals surface area contributed by atoms with E-state index in [0.717, 1.165) is 50.7 Å². The molecule has 6 aromatic carbocycles. The molecule has 0 fully saturated rings. The molecule has 16 heteroatoms. The third-order valence-electron chi connectivity index (χ3n) is 11.9.